The Bertz CT molecular complexity index is 2060. The smallest absolute Gasteiger partial charge is 0.269 e. The molecule has 6 aromatic heterocycles. The van der Waals surface area contributed by atoms with Crippen LogP contribution in [-0.4, -0.2) is 43.3 Å². The van der Waals surface area contributed by atoms with Crippen LogP contribution in [-0.2, 0) is 0 Å². The van der Waals surface area contributed by atoms with Gasteiger partial charge in [-0.3, -0.25) is 14.0 Å². The van der Waals surface area contributed by atoms with Crippen LogP contribution in [0.5, 0.6) is 0 Å². The maximum absolute atomic E-state index is 11.6. The first-order valence-corrected chi connectivity index (χ1v) is 12.4. The predicted molar refractivity (Wildman–Crippen MR) is 151 cm³/mol. The van der Waals surface area contributed by atoms with Gasteiger partial charge in [-0.15, -0.1) is 5.10 Å². The zero-order valence-corrected chi connectivity index (χ0v) is 23.4. The topological polar surface area (TPSA) is 142 Å². The van der Waals surface area contributed by atoms with E-state index in [1.807, 2.05) is 60.6 Å². The van der Waals surface area contributed by atoms with Gasteiger partial charge in [-0.25, -0.2) is 28.5 Å². The van der Waals surface area contributed by atoms with E-state index < -0.39 is 0 Å². The van der Waals surface area contributed by atoms with Gasteiger partial charge < -0.3 is 0 Å². The fraction of sp³-hybridized carbons (Fsp3) is 0.250. The van der Waals surface area contributed by atoms with Crippen molar-refractivity contribution in [2.45, 2.75) is 48.5 Å². The summed E-state index contributed by atoms with van der Waals surface area (Å²) in [4.78, 5) is 50.0. The minimum atomic E-state index is -0.268. The van der Waals surface area contributed by atoms with Gasteiger partial charge in [0, 0.05) is 35.5 Å². The summed E-state index contributed by atoms with van der Waals surface area (Å²) in [5, 5.41) is 7.62. The zero-order chi connectivity index (χ0) is 29.1. The van der Waals surface area contributed by atoms with E-state index in [1.165, 1.54) is 33.6 Å². The van der Waals surface area contributed by atoms with Gasteiger partial charge in [0.1, 0.15) is 18.2 Å². The Morgan fingerprint density at radius 2 is 1.32 bits per heavy atom. The molecule has 0 amide bonds. The highest BCUT2D eigenvalue weighted by atomic mass is 16.1. The zero-order valence-electron chi connectivity index (χ0n) is 23.4. The molecule has 40 heavy (non-hydrogen) atoms. The average Bonchev–Trinajstić information content (AvgIpc) is 2.91. The first-order valence-electron chi connectivity index (χ1n) is 12.4. The highest BCUT2D eigenvalue weighted by Gasteiger charge is 2.07. The summed E-state index contributed by atoms with van der Waals surface area (Å²) in [6.45, 7) is 13.5. The molecule has 0 saturated carbocycles. The molecule has 0 unspecified atom stereocenters. The lowest BCUT2D eigenvalue weighted by molar-refractivity contribution is 0.892. The van der Waals surface area contributed by atoms with Gasteiger partial charge >= 0.3 is 5.69 Å². The van der Waals surface area contributed by atoms with E-state index in [9.17, 15) is 14.4 Å². The first-order chi connectivity index (χ1) is 19.0. The fourth-order valence-corrected chi connectivity index (χ4v) is 4.28. The number of fused-ring (bicyclic) bond motifs is 3. The third-order valence-electron chi connectivity index (χ3n) is 6.59. The lowest BCUT2D eigenvalue weighted by Crippen LogP contribution is -2.20. The van der Waals surface area contributed by atoms with Crippen LogP contribution in [0.4, 0.5) is 0 Å². The summed E-state index contributed by atoms with van der Waals surface area (Å²) in [5.74, 6) is 0.447. The van der Waals surface area contributed by atoms with Crippen LogP contribution in [0.3, 0.4) is 0 Å². The highest BCUT2D eigenvalue weighted by molar-refractivity contribution is 5.51. The summed E-state index contributed by atoms with van der Waals surface area (Å²) < 4.78 is 4.60. The first kappa shape index (κ1) is 27.9. The quantitative estimate of drug-likeness (QED) is 0.284. The Labute approximate surface area is 228 Å². The second kappa shape index (κ2) is 11.3. The molecule has 0 spiro atoms. The molecule has 6 rings (SSSR count). The highest BCUT2D eigenvalue weighted by Crippen LogP contribution is 2.13. The standard InChI is InChI=1S/2C10H11N3O.C8H7N3O/c1-6-4-7(2)13-9(8(6)3)11-5-12-10(13)14;1-6-4-7(2)10-12-11-5-9(14)13(10)8(6)3;1-6-2-4-9-8-10-5-3-7(12)11(6)8/h2*4-5H,1-3H3;2-5H,1H3. The van der Waals surface area contributed by atoms with E-state index >= 15 is 0 Å². The molecular weight excluding hydrogens is 510 g/mol. The van der Waals surface area contributed by atoms with E-state index in [4.69, 9.17) is 0 Å². The second-order valence-electron chi connectivity index (χ2n) is 9.35. The number of nitrogens with zero attached hydrogens (tertiary/aromatic N) is 9. The van der Waals surface area contributed by atoms with Crippen molar-refractivity contribution in [3.8, 4) is 0 Å². The minimum absolute atomic E-state index is 0.0920. The Hall–Kier alpha value is -5.13. The molecule has 0 saturated heterocycles. The third kappa shape index (κ3) is 5.37. The lowest BCUT2D eigenvalue weighted by atomic mass is 10.1. The molecule has 0 fully saturated rings. The third-order valence-corrected chi connectivity index (χ3v) is 6.59. The monoisotopic (exact) mass is 539 g/mol. The summed E-state index contributed by atoms with van der Waals surface area (Å²) in [5.41, 5.74) is 7.71. The SMILES string of the molecule is Cc1cc(C)c2nncc(=O)n2c1C.Cc1cc(C)n2c(=O)ncnc2c1C.Cc1ccnc2nccc(=O)n12. The van der Waals surface area contributed by atoms with E-state index in [2.05, 4.69) is 30.1 Å². The van der Waals surface area contributed by atoms with Crippen molar-refractivity contribution >= 4 is 17.1 Å². The summed E-state index contributed by atoms with van der Waals surface area (Å²) in [6, 6.07) is 7.17. The Kier molecular flexibility index (Phi) is 7.89. The lowest BCUT2D eigenvalue weighted by Gasteiger charge is -2.08. The predicted octanol–water partition coefficient (Wildman–Crippen LogP) is 2.43. The molecule has 0 radical (unpaired) electrons. The maximum Gasteiger partial charge on any atom is 0.355 e. The Balaban J connectivity index is 0.000000139. The molecule has 0 N–H and O–H groups in total. The van der Waals surface area contributed by atoms with Crippen molar-refractivity contribution < 1.29 is 0 Å². The molecule has 0 bridgehead atoms. The molecule has 12 heteroatoms. The number of hydrogen-bond acceptors (Lipinski definition) is 9. The molecule has 6 aromatic rings. The number of hydrogen-bond donors (Lipinski definition) is 0. The average molecular weight is 540 g/mol. The van der Waals surface area contributed by atoms with Crippen LogP contribution in [0, 0.1) is 48.5 Å². The molecule has 0 aliphatic carbocycles. The Morgan fingerprint density at radius 3 is 2.02 bits per heavy atom. The minimum Gasteiger partial charge on any atom is -0.269 e. The van der Waals surface area contributed by atoms with Gasteiger partial charge in [-0.1, -0.05) is 6.07 Å². The number of rotatable bonds is 0. The van der Waals surface area contributed by atoms with Gasteiger partial charge in [0.2, 0.25) is 5.78 Å². The summed E-state index contributed by atoms with van der Waals surface area (Å²) >= 11 is 0. The Morgan fingerprint density at radius 1 is 0.625 bits per heavy atom. The van der Waals surface area contributed by atoms with Gasteiger partial charge in [0.05, 0.1) is 0 Å². The molecular formula is C28H29N9O3. The molecule has 0 aliphatic rings. The molecule has 0 atom stereocenters. The fourth-order valence-electron chi connectivity index (χ4n) is 4.28. The van der Waals surface area contributed by atoms with Gasteiger partial charge in [-0.05, 0) is 82.9 Å². The second-order valence-corrected chi connectivity index (χ2v) is 9.35. The number of aromatic nitrogens is 9. The van der Waals surface area contributed by atoms with Gasteiger partial charge in [0.25, 0.3) is 11.1 Å². The van der Waals surface area contributed by atoms with Crippen LogP contribution >= 0.6 is 0 Å². The van der Waals surface area contributed by atoms with E-state index in [0.717, 1.165) is 39.3 Å². The van der Waals surface area contributed by atoms with Gasteiger partial charge in [-0.2, -0.15) is 10.1 Å². The van der Waals surface area contributed by atoms with E-state index in [1.54, 1.807) is 16.7 Å². The maximum atomic E-state index is 11.6. The van der Waals surface area contributed by atoms with Crippen LogP contribution < -0.4 is 16.8 Å². The van der Waals surface area contributed by atoms with Crippen LogP contribution in [0.2, 0.25) is 0 Å². The largest absolute Gasteiger partial charge is 0.355 e. The van der Waals surface area contributed by atoms with Gasteiger partial charge in [0.15, 0.2) is 5.65 Å². The molecule has 12 nitrogen and oxygen atoms in total. The van der Waals surface area contributed by atoms with E-state index in [0.29, 0.717) is 17.1 Å². The van der Waals surface area contributed by atoms with Crippen molar-refractivity contribution in [2.24, 2.45) is 0 Å². The van der Waals surface area contributed by atoms with Crippen LogP contribution in [0.25, 0.3) is 17.1 Å². The normalized spacial score (nSPS) is 10.7. The van der Waals surface area contributed by atoms with Crippen LogP contribution in [0.15, 0.2) is 63.6 Å². The summed E-state index contributed by atoms with van der Waals surface area (Å²) in [7, 11) is 0. The van der Waals surface area contributed by atoms with Crippen molar-refractivity contribution in [3.05, 3.63) is 120 Å². The molecule has 204 valence electrons. The van der Waals surface area contributed by atoms with Crippen molar-refractivity contribution in [2.75, 3.05) is 0 Å². The summed E-state index contributed by atoms with van der Waals surface area (Å²) in [6.07, 6.45) is 5.64. The molecule has 0 aliphatic heterocycles. The van der Waals surface area contributed by atoms with E-state index in [-0.39, 0.29) is 16.8 Å². The van der Waals surface area contributed by atoms with Crippen molar-refractivity contribution in [1.29, 1.82) is 0 Å². The number of aryl methyl sites for hydroxylation is 7. The van der Waals surface area contributed by atoms with Crippen molar-refractivity contribution in [3.63, 3.8) is 0 Å². The van der Waals surface area contributed by atoms with Crippen LogP contribution in [0.1, 0.15) is 39.3 Å². The molecule has 0 aromatic carbocycles. The molecule has 6 heterocycles. The van der Waals surface area contributed by atoms with Crippen molar-refractivity contribution in [1.82, 2.24) is 43.3 Å². The number of pyridine rings is 2.